The average molecular weight is 298 g/mol. The van der Waals surface area contributed by atoms with Crippen molar-refractivity contribution in [3.05, 3.63) is 28.2 Å². The van der Waals surface area contributed by atoms with E-state index in [-0.39, 0.29) is 6.61 Å². The lowest BCUT2D eigenvalue weighted by Crippen LogP contribution is -2.24. The first-order chi connectivity index (χ1) is 8.20. The Kier molecular flexibility index (Phi) is 4.46. The van der Waals surface area contributed by atoms with Crippen LogP contribution in [0.1, 0.15) is 31.2 Å². The van der Waals surface area contributed by atoms with Gasteiger partial charge in [0.25, 0.3) is 0 Å². The number of hydrogen-bond donors (Lipinski definition) is 1. The Balaban J connectivity index is 2.04. The summed E-state index contributed by atoms with van der Waals surface area (Å²) in [5, 5.41) is 9.09. The van der Waals surface area contributed by atoms with Gasteiger partial charge in [0.05, 0.1) is 12.3 Å². The quantitative estimate of drug-likeness (QED) is 0.918. The molecule has 1 fully saturated rings. The van der Waals surface area contributed by atoms with Gasteiger partial charge in [-0.3, -0.25) is 0 Å². The largest absolute Gasteiger partial charge is 0.392 e. The SMILES string of the molecule is CN(CC1CCCC1)c1ccc(CO)cc1Br. The highest BCUT2D eigenvalue weighted by molar-refractivity contribution is 9.10. The van der Waals surface area contributed by atoms with Gasteiger partial charge >= 0.3 is 0 Å². The van der Waals surface area contributed by atoms with Crippen molar-refractivity contribution in [2.75, 3.05) is 18.5 Å². The molecule has 0 aliphatic heterocycles. The molecule has 2 rings (SSSR count). The summed E-state index contributed by atoms with van der Waals surface area (Å²) >= 11 is 3.59. The second-order valence-corrected chi connectivity index (χ2v) is 5.83. The normalized spacial score (nSPS) is 16.4. The summed E-state index contributed by atoms with van der Waals surface area (Å²) in [6, 6.07) is 6.08. The first kappa shape index (κ1) is 12.9. The van der Waals surface area contributed by atoms with Gasteiger partial charge in [0, 0.05) is 18.1 Å². The smallest absolute Gasteiger partial charge is 0.0682 e. The molecule has 1 N–H and O–H groups in total. The molecule has 0 heterocycles. The number of anilines is 1. The summed E-state index contributed by atoms with van der Waals surface area (Å²) < 4.78 is 1.07. The Hall–Kier alpha value is -0.540. The van der Waals surface area contributed by atoms with Crippen molar-refractivity contribution < 1.29 is 5.11 Å². The van der Waals surface area contributed by atoms with Gasteiger partial charge in [0.1, 0.15) is 0 Å². The molecule has 0 spiro atoms. The summed E-state index contributed by atoms with van der Waals surface area (Å²) in [6.07, 6.45) is 5.53. The zero-order chi connectivity index (χ0) is 12.3. The number of hydrogen-bond acceptors (Lipinski definition) is 2. The van der Waals surface area contributed by atoms with E-state index in [1.807, 2.05) is 12.1 Å². The fourth-order valence-electron chi connectivity index (χ4n) is 2.64. The van der Waals surface area contributed by atoms with E-state index in [1.165, 1.54) is 31.4 Å². The predicted molar refractivity (Wildman–Crippen MR) is 75.3 cm³/mol. The van der Waals surface area contributed by atoms with Crippen molar-refractivity contribution in [2.24, 2.45) is 5.92 Å². The van der Waals surface area contributed by atoms with Crippen molar-refractivity contribution >= 4 is 21.6 Å². The van der Waals surface area contributed by atoms with Gasteiger partial charge in [-0.15, -0.1) is 0 Å². The number of aliphatic hydroxyl groups is 1. The van der Waals surface area contributed by atoms with Crippen molar-refractivity contribution in [3.8, 4) is 0 Å². The predicted octanol–water partition coefficient (Wildman–Crippen LogP) is 3.57. The maximum Gasteiger partial charge on any atom is 0.0682 e. The van der Waals surface area contributed by atoms with Crippen LogP contribution >= 0.6 is 15.9 Å². The van der Waals surface area contributed by atoms with Crippen molar-refractivity contribution in [3.63, 3.8) is 0 Å². The number of halogens is 1. The molecule has 3 heteroatoms. The molecule has 0 amide bonds. The molecule has 94 valence electrons. The Morgan fingerprint density at radius 2 is 2.06 bits per heavy atom. The molecule has 0 atom stereocenters. The highest BCUT2D eigenvalue weighted by Crippen LogP contribution is 2.30. The second-order valence-electron chi connectivity index (χ2n) is 4.97. The van der Waals surface area contributed by atoms with E-state index < -0.39 is 0 Å². The number of rotatable bonds is 4. The molecule has 0 bridgehead atoms. The summed E-state index contributed by atoms with van der Waals surface area (Å²) in [5.74, 6) is 0.851. The Morgan fingerprint density at radius 1 is 1.35 bits per heavy atom. The molecular formula is C14H20BrNO. The third-order valence-electron chi connectivity index (χ3n) is 3.61. The second kappa shape index (κ2) is 5.87. The molecule has 0 aromatic heterocycles. The van der Waals surface area contributed by atoms with Gasteiger partial charge in [0.15, 0.2) is 0 Å². The molecule has 17 heavy (non-hydrogen) atoms. The first-order valence-corrected chi connectivity index (χ1v) is 7.10. The van der Waals surface area contributed by atoms with Crippen LogP contribution in [0.5, 0.6) is 0 Å². The Morgan fingerprint density at radius 3 is 2.65 bits per heavy atom. The van der Waals surface area contributed by atoms with Crippen LogP contribution in [-0.4, -0.2) is 18.7 Å². The molecule has 1 aromatic carbocycles. The molecule has 1 aliphatic rings. The van der Waals surface area contributed by atoms with Crippen LogP contribution in [0.4, 0.5) is 5.69 Å². The van der Waals surface area contributed by atoms with Crippen LogP contribution in [0.15, 0.2) is 22.7 Å². The van der Waals surface area contributed by atoms with Crippen LogP contribution in [0.2, 0.25) is 0 Å². The Labute approximate surface area is 112 Å². The Bertz CT molecular complexity index is 374. The van der Waals surface area contributed by atoms with Crippen molar-refractivity contribution in [1.29, 1.82) is 0 Å². The molecule has 2 nitrogen and oxygen atoms in total. The van der Waals surface area contributed by atoms with Gasteiger partial charge in [-0.05, 0) is 52.4 Å². The summed E-state index contributed by atoms with van der Waals surface area (Å²) in [7, 11) is 2.15. The number of nitrogens with zero attached hydrogens (tertiary/aromatic N) is 1. The fraction of sp³-hybridized carbons (Fsp3) is 0.571. The highest BCUT2D eigenvalue weighted by Gasteiger charge is 2.17. The average Bonchev–Trinajstić information content (AvgIpc) is 2.81. The lowest BCUT2D eigenvalue weighted by atomic mass is 10.1. The standard InChI is InChI=1S/C14H20BrNO/c1-16(9-11-4-2-3-5-11)14-7-6-12(10-17)8-13(14)15/h6-8,11,17H,2-5,9-10H2,1H3. The lowest BCUT2D eigenvalue weighted by Gasteiger charge is -2.24. The zero-order valence-electron chi connectivity index (χ0n) is 10.3. The first-order valence-electron chi connectivity index (χ1n) is 6.31. The molecule has 1 aliphatic carbocycles. The summed E-state index contributed by atoms with van der Waals surface area (Å²) in [5.41, 5.74) is 2.17. The molecule has 0 unspecified atom stereocenters. The summed E-state index contributed by atoms with van der Waals surface area (Å²) in [4.78, 5) is 2.32. The molecule has 0 saturated heterocycles. The van der Waals surface area contributed by atoms with Crippen LogP contribution in [0, 0.1) is 5.92 Å². The minimum Gasteiger partial charge on any atom is -0.392 e. The van der Waals surface area contributed by atoms with E-state index in [1.54, 1.807) is 0 Å². The van der Waals surface area contributed by atoms with Crippen LogP contribution in [0.3, 0.4) is 0 Å². The topological polar surface area (TPSA) is 23.5 Å². The van der Waals surface area contributed by atoms with Crippen molar-refractivity contribution in [1.82, 2.24) is 0 Å². The number of aliphatic hydroxyl groups excluding tert-OH is 1. The van der Waals surface area contributed by atoms with E-state index in [0.29, 0.717) is 0 Å². The molecule has 1 saturated carbocycles. The van der Waals surface area contributed by atoms with Gasteiger partial charge in [-0.1, -0.05) is 18.9 Å². The van der Waals surface area contributed by atoms with Gasteiger partial charge in [-0.25, -0.2) is 0 Å². The lowest BCUT2D eigenvalue weighted by molar-refractivity contribution is 0.282. The maximum absolute atomic E-state index is 9.09. The van der Waals surface area contributed by atoms with E-state index in [9.17, 15) is 0 Å². The van der Waals surface area contributed by atoms with Crippen LogP contribution < -0.4 is 4.90 Å². The summed E-state index contributed by atoms with van der Waals surface area (Å²) in [6.45, 7) is 1.24. The van der Waals surface area contributed by atoms with Gasteiger partial charge in [-0.2, -0.15) is 0 Å². The third-order valence-corrected chi connectivity index (χ3v) is 4.25. The van der Waals surface area contributed by atoms with Gasteiger partial charge < -0.3 is 10.0 Å². The van der Waals surface area contributed by atoms with Crippen LogP contribution in [-0.2, 0) is 6.61 Å². The third kappa shape index (κ3) is 3.23. The fourth-order valence-corrected chi connectivity index (χ4v) is 3.37. The molecule has 1 aromatic rings. The van der Waals surface area contributed by atoms with Crippen LogP contribution in [0.25, 0.3) is 0 Å². The van der Waals surface area contributed by atoms with Crippen molar-refractivity contribution in [2.45, 2.75) is 32.3 Å². The maximum atomic E-state index is 9.09. The van der Waals surface area contributed by atoms with E-state index >= 15 is 0 Å². The molecule has 0 radical (unpaired) electrons. The van der Waals surface area contributed by atoms with E-state index in [0.717, 1.165) is 22.5 Å². The van der Waals surface area contributed by atoms with E-state index in [2.05, 4.69) is 33.9 Å². The van der Waals surface area contributed by atoms with E-state index in [4.69, 9.17) is 5.11 Å². The highest BCUT2D eigenvalue weighted by atomic mass is 79.9. The monoisotopic (exact) mass is 297 g/mol. The number of benzene rings is 1. The van der Waals surface area contributed by atoms with Gasteiger partial charge in [0.2, 0.25) is 0 Å². The zero-order valence-corrected chi connectivity index (χ0v) is 11.9. The molecular weight excluding hydrogens is 278 g/mol. The minimum absolute atomic E-state index is 0.102. The minimum atomic E-state index is 0.102.